The summed E-state index contributed by atoms with van der Waals surface area (Å²) < 4.78 is 0. The van der Waals surface area contributed by atoms with Crippen molar-refractivity contribution in [1.29, 1.82) is 0 Å². The number of piperidine rings is 1. The quantitative estimate of drug-likeness (QED) is 0.454. The number of hydrogen-bond acceptors (Lipinski definition) is 2. The lowest BCUT2D eigenvalue weighted by atomic mass is 9.81. The summed E-state index contributed by atoms with van der Waals surface area (Å²) in [5.41, 5.74) is 3.36. The third kappa shape index (κ3) is 4.98. The van der Waals surface area contributed by atoms with E-state index in [4.69, 9.17) is 0 Å². The first-order valence-electron chi connectivity index (χ1n) is 13.1. The van der Waals surface area contributed by atoms with Gasteiger partial charge in [-0.25, -0.2) is 0 Å². The van der Waals surface area contributed by atoms with Crippen molar-refractivity contribution in [1.82, 2.24) is 9.80 Å². The molecule has 1 saturated heterocycles. The standard InChI is InChI=1S/C31H36N2O2/c1-22-8-3-4-10-26(22)21-29(32(2)30(34)25-12-7-13-25)24-16-18-33(19-17-24)31(35)28-15-14-23-9-5-6-11-27(23)20-28/h3-6,8-11,14-15,20,24-25,29H,7,12-13,16-19,21H2,1-2H3. The number of fused-ring (bicyclic) bond motifs is 1. The van der Waals surface area contributed by atoms with Crippen LogP contribution in [-0.4, -0.2) is 47.8 Å². The van der Waals surface area contributed by atoms with Crippen LogP contribution in [0, 0.1) is 18.8 Å². The Labute approximate surface area is 208 Å². The van der Waals surface area contributed by atoms with Gasteiger partial charge >= 0.3 is 0 Å². The molecule has 2 amide bonds. The van der Waals surface area contributed by atoms with Crippen LogP contribution >= 0.6 is 0 Å². The summed E-state index contributed by atoms with van der Waals surface area (Å²) in [6.07, 6.45) is 5.96. The smallest absolute Gasteiger partial charge is 0.253 e. The number of likely N-dealkylation sites (N-methyl/N-ethyl adjacent to an activating group) is 1. The molecule has 5 rings (SSSR count). The van der Waals surface area contributed by atoms with Crippen LogP contribution in [0.2, 0.25) is 0 Å². The second kappa shape index (κ2) is 10.2. The van der Waals surface area contributed by atoms with Crippen LogP contribution in [0.4, 0.5) is 0 Å². The monoisotopic (exact) mass is 468 g/mol. The molecule has 4 heteroatoms. The summed E-state index contributed by atoms with van der Waals surface area (Å²) in [5, 5.41) is 2.25. The van der Waals surface area contributed by atoms with E-state index < -0.39 is 0 Å². The van der Waals surface area contributed by atoms with Crippen molar-refractivity contribution in [3.63, 3.8) is 0 Å². The van der Waals surface area contributed by atoms with Crippen molar-refractivity contribution in [3.8, 4) is 0 Å². The van der Waals surface area contributed by atoms with Crippen LogP contribution in [-0.2, 0) is 11.2 Å². The predicted molar refractivity (Wildman–Crippen MR) is 141 cm³/mol. The lowest BCUT2D eigenvalue weighted by Crippen LogP contribution is -2.50. The molecule has 4 nitrogen and oxygen atoms in total. The zero-order valence-electron chi connectivity index (χ0n) is 21.0. The van der Waals surface area contributed by atoms with Gasteiger partial charge in [0.15, 0.2) is 0 Å². The van der Waals surface area contributed by atoms with E-state index in [1.807, 2.05) is 42.3 Å². The van der Waals surface area contributed by atoms with Gasteiger partial charge in [0.1, 0.15) is 0 Å². The van der Waals surface area contributed by atoms with Crippen molar-refractivity contribution in [2.45, 2.75) is 51.5 Å². The average molecular weight is 469 g/mol. The number of nitrogens with zero attached hydrogens (tertiary/aromatic N) is 2. The molecule has 1 aliphatic carbocycles. The molecule has 3 aromatic carbocycles. The molecule has 2 fully saturated rings. The minimum absolute atomic E-state index is 0.114. The molecule has 182 valence electrons. The third-order valence-corrected chi connectivity index (χ3v) is 8.36. The van der Waals surface area contributed by atoms with E-state index in [1.165, 1.54) is 17.5 Å². The molecule has 1 aliphatic heterocycles. The molecule has 3 aromatic rings. The Morgan fingerprint density at radius 1 is 0.914 bits per heavy atom. The van der Waals surface area contributed by atoms with Gasteiger partial charge in [-0.15, -0.1) is 0 Å². The number of rotatable bonds is 6. The minimum Gasteiger partial charge on any atom is -0.342 e. The first-order chi connectivity index (χ1) is 17.0. The van der Waals surface area contributed by atoms with E-state index in [2.05, 4.69) is 48.2 Å². The molecule has 1 saturated carbocycles. The lowest BCUT2D eigenvalue weighted by molar-refractivity contribution is -0.140. The molecular weight excluding hydrogens is 432 g/mol. The zero-order chi connectivity index (χ0) is 24.4. The highest BCUT2D eigenvalue weighted by atomic mass is 16.2. The van der Waals surface area contributed by atoms with Gasteiger partial charge in [0.25, 0.3) is 5.91 Å². The van der Waals surface area contributed by atoms with E-state index >= 15 is 0 Å². The van der Waals surface area contributed by atoms with E-state index in [0.29, 0.717) is 11.8 Å². The first kappa shape index (κ1) is 23.6. The maximum Gasteiger partial charge on any atom is 0.253 e. The molecule has 1 heterocycles. The van der Waals surface area contributed by atoms with Crippen LogP contribution in [0.3, 0.4) is 0 Å². The average Bonchev–Trinajstić information content (AvgIpc) is 2.86. The van der Waals surface area contributed by atoms with Crippen LogP contribution in [0.5, 0.6) is 0 Å². The van der Waals surface area contributed by atoms with Crippen LogP contribution in [0.25, 0.3) is 10.8 Å². The van der Waals surface area contributed by atoms with Gasteiger partial charge in [-0.1, -0.05) is 61.0 Å². The molecule has 0 radical (unpaired) electrons. The molecule has 1 unspecified atom stereocenters. The summed E-state index contributed by atoms with van der Waals surface area (Å²) in [7, 11) is 2.01. The molecule has 1 atom stereocenters. The molecular formula is C31H36N2O2. The van der Waals surface area contributed by atoms with E-state index in [9.17, 15) is 9.59 Å². The summed E-state index contributed by atoms with van der Waals surface area (Å²) in [4.78, 5) is 30.6. The van der Waals surface area contributed by atoms with Gasteiger partial charge < -0.3 is 9.80 Å². The van der Waals surface area contributed by atoms with E-state index in [-0.39, 0.29) is 17.9 Å². The largest absolute Gasteiger partial charge is 0.342 e. The van der Waals surface area contributed by atoms with Crippen molar-refractivity contribution >= 4 is 22.6 Å². The Hall–Kier alpha value is -3.14. The van der Waals surface area contributed by atoms with Crippen LogP contribution in [0.1, 0.15) is 53.6 Å². The fourth-order valence-corrected chi connectivity index (χ4v) is 5.78. The molecule has 0 bridgehead atoms. The number of likely N-dealkylation sites (tertiary alicyclic amines) is 1. The van der Waals surface area contributed by atoms with E-state index in [1.54, 1.807) is 0 Å². The zero-order valence-corrected chi connectivity index (χ0v) is 21.0. The Morgan fingerprint density at radius 3 is 2.29 bits per heavy atom. The highest BCUT2D eigenvalue weighted by Crippen LogP contribution is 2.33. The number of amides is 2. The molecule has 2 aliphatic rings. The van der Waals surface area contributed by atoms with Crippen LogP contribution < -0.4 is 0 Å². The van der Waals surface area contributed by atoms with Crippen molar-refractivity contribution in [3.05, 3.63) is 83.4 Å². The minimum atomic E-state index is 0.114. The van der Waals surface area contributed by atoms with Crippen molar-refractivity contribution in [2.24, 2.45) is 11.8 Å². The number of hydrogen-bond donors (Lipinski definition) is 0. The van der Waals surface area contributed by atoms with Crippen LogP contribution in [0.15, 0.2) is 66.7 Å². The molecule has 35 heavy (non-hydrogen) atoms. The number of aryl methyl sites for hydroxylation is 1. The molecule has 0 spiro atoms. The van der Waals surface area contributed by atoms with Gasteiger partial charge in [-0.3, -0.25) is 9.59 Å². The highest BCUT2D eigenvalue weighted by molar-refractivity contribution is 5.98. The van der Waals surface area contributed by atoms with Gasteiger partial charge in [0.2, 0.25) is 5.91 Å². The van der Waals surface area contributed by atoms with Gasteiger partial charge in [0.05, 0.1) is 0 Å². The SMILES string of the molecule is Cc1ccccc1CC(C1CCN(C(=O)c2ccc3ccccc3c2)CC1)N(C)C(=O)C1CCC1. The van der Waals surface area contributed by atoms with Gasteiger partial charge in [-0.05, 0) is 79.0 Å². The van der Waals surface area contributed by atoms with E-state index in [0.717, 1.165) is 61.5 Å². The predicted octanol–water partition coefficient (Wildman–Crippen LogP) is 5.87. The highest BCUT2D eigenvalue weighted by Gasteiger charge is 2.36. The lowest BCUT2D eigenvalue weighted by Gasteiger charge is -2.42. The summed E-state index contributed by atoms with van der Waals surface area (Å²) >= 11 is 0. The normalized spacial score (nSPS) is 17.7. The Balaban J connectivity index is 1.30. The molecule has 0 N–H and O–H groups in total. The maximum absolute atomic E-state index is 13.3. The second-order valence-electron chi connectivity index (χ2n) is 10.5. The molecule has 0 aromatic heterocycles. The number of carbonyl (C=O) groups excluding carboxylic acids is 2. The maximum atomic E-state index is 13.3. The number of benzene rings is 3. The summed E-state index contributed by atoms with van der Waals surface area (Å²) in [6, 6.07) is 22.9. The van der Waals surface area contributed by atoms with Crippen molar-refractivity contribution < 1.29 is 9.59 Å². The fourth-order valence-electron chi connectivity index (χ4n) is 5.78. The topological polar surface area (TPSA) is 40.6 Å². The third-order valence-electron chi connectivity index (χ3n) is 8.36. The summed E-state index contributed by atoms with van der Waals surface area (Å²) in [5.74, 6) is 1.02. The first-order valence-corrected chi connectivity index (χ1v) is 13.1. The number of carbonyl (C=O) groups is 2. The summed E-state index contributed by atoms with van der Waals surface area (Å²) in [6.45, 7) is 3.64. The fraction of sp³-hybridized carbons (Fsp3) is 0.419. The Kier molecular flexibility index (Phi) is 6.90. The van der Waals surface area contributed by atoms with Gasteiger partial charge in [0, 0.05) is 37.7 Å². The second-order valence-corrected chi connectivity index (χ2v) is 10.5. The Morgan fingerprint density at radius 2 is 1.60 bits per heavy atom. The van der Waals surface area contributed by atoms with Gasteiger partial charge in [-0.2, -0.15) is 0 Å². The Bertz CT molecular complexity index is 1210. The van der Waals surface area contributed by atoms with Crippen molar-refractivity contribution in [2.75, 3.05) is 20.1 Å².